The van der Waals surface area contributed by atoms with Gasteiger partial charge in [0.1, 0.15) is 11.7 Å². The van der Waals surface area contributed by atoms with Gasteiger partial charge in [0.25, 0.3) is 0 Å². The van der Waals surface area contributed by atoms with E-state index in [2.05, 4.69) is 6.58 Å². The Bertz CT molecular complexity index is 447. The summed E-state index contributed by atoms with van der Waals surface area (Å²) in [6.45, 7) is 7.37. The molecule has 0 fully saturated rings. The fraction of sp³-hybridized carbons (Fsp3) is 0.533. The van der Waals surface area contributed by atoms with Crippen molar-refractivity contribution in [3.05, 3.63) is 23.8 Å². The lowest BCUT2D eigenvalue weighted by Crippen LogP contribution is -2.49. The third-order valence-corrected chi connectivity index (χ3v) is 3.82. The summed E-state index contributed by atoms with van der Waals surface area (Å²) < 4.78 is 4.85. The monoisotopic (exact) mass is 264 g/mol. The highest BCUT2D eigenvalue weighted by Crippen LogP contribution is 2.45. The number of ketones is 1. The van der Waals surface area contributed by atoms with Gasteiger partial charge in [0.2, 0.25) is 0 Å². The maximum absolute atomic E-state index is 12.5. The Morgan fingerprint density at radius 3 is 2.74 bits per heavy atom. The third kappa shape index (κ3) is 2.53. The van der Waals surface area contributed by atoms with Gasteiger partial charge in [0.15, 0.2) is 5.78 Å². The number of aldehydes is 1. The quantitative estimate of drug-likeness (QED) is 0.331. The van der Waals surface area contributed by atoms with Crippen LogP contribution in [0.1, 0.15) is 33.1 Å². The highest BCUT2D eigenvalue weighted by molar-refractivity contribution is 6.13. The maximum Gasteiger partial charge on any atom is 0.320 e. The van der Waals surface area contributed by atoms with E-state index in [4.69, 9.17) is 4.74 Å². The van der Waals surface area contributed by atoms with Crippen LogP contribution in [-0.2, 0) is 19.1 Å². The predicted molar refractivity (Wildman–Crippen MR) is 71.4 cm³/mol. The summed E-state index contributed by atoms with van der Waals surface area (Å²) in [5.41, 5.74) is 0.0162. The Balaban J connectivity index is 3.38. The van der Waals surface area contributed by atoms with Gasteiger partial charge in [-0.15, -0.1) is 0 Å². The zero-order valence-electron chi connectivity index (χ0n) is 11.7. The summed E-state index contributed by atoms with van der Waals surface area (Å²) in [5, 5.41) is 0. The van der Waals surface area contributed by atoms with Crippen LogP contribution in [0.4, 0.5) is 0 Å². The Labute approximate surface area is 113 Å². The first-order valence-corrected chi connectivity index (χ1v) is 6.30. The number of allylic oxidation sites excluding steroid dienone is 3. The van der Waals surface area contributed by atoms with Crippen LogP contribution >= 0.6 is 0 Å². The molecule has 0 saturated heterocycles. The number of carbonyl (C=O) groups is 3. The standard InChI is InChI=1S/C15H20O4/c1-10(2)12-7-6-11(3)13(17)15(12,8-5-9-16)14(18)19-4/h6,9,12H,1,5,7-8H2,2-4H3/t12-,15+/m0/s1. The van der Waals surface area contributed by atoms with Crippen LogP contribution in [0.3, 0.4) is 0 Å². The van der Waals surface area contributed by atoms with Gasteiger partial charge in [0, 0.05) is 12.3 Å². The van der Waals surface area contributed by atoms with Crippen molar-refractivity contribution in [1.29, 1.82) is 0 Å². The van der Waals surface area contributed by atoms with Gasteiger partial charge in [-0.2, -0.15) is 0 Å². The van der Waals surface area contributed by atoms with E-state index in [9.17, 15) is 14.4 Å². The number of hydrogen-bond acceptors (Lipinski definition) is 4. The van der Waals surface area contributed by atoms with Crippen LogP contribution in [0.25, 0.3) is 0 Å². The zero-order chi connectivity index (χ0) is 14.6. The molecule has 0 spiro atoms. The minimum Gasteiger partial charge on any atom is -0.468 e. The second kappa shape index (κ2) is 5.95. The molecule has 0 aromatic heterocycles. The molecule has 0 unspecified atom stereocenters. The lowest BCUT2D eigenvalue weighted by molar-refractivity contribution is -0.161. The summed E-state index contributed by atoms with van der Waals surface area (Å²) in [4.78, 5) is 35.4. The Morgan fingerprint density at radius 2 is 2.26 bits per heavy atom. The summed E-state index contributed by atoms with van der Waals surface area (Å²) in [6.07, 6.45) is 3.44. The molecule has 4 heteroatoms. The number of methoxy groups -OCH3 is 1. The van der Waals surface area contributed by atoms with Crippen LogP contribution in [0, 0.1) is 11.3 Å². The fourth-order valence-corrected chi connectivity index (χ4v) is 2.81. The molecule has 4 nitrogen and oxygen atoms in total. The van der Waals surface area contributed by atoms with Gasteiger partial charge in [0.05, 0.1) is 7.11 Å². The van der Waals surface area contributed by atoms with Crippen molar-refractivity contribution in [3.8, 4) is 0 Å². The molecule has 19 heavy (non-hydrogen) atoms. The summed E-state index contributed by atoms with van der Waals surface area (Å²) in [7, 11) is 1.27. The fourth-order valence-electron chi connectivity index (χ4n) is 2.81. The first-order valence-electron chi connectivity index (χ1n) is 6.30. The Kier molecular flexibility index (Phi) is 4.81. The number of esters is 1. The first-order chi connectivity index (χ1) is 8.91. The molecular weight excluding hydrogens is 244 g/mol. The van der Waals surface area contributed by atoms with Crippen LogP contribution in [0.5, 0.6) is 0 Å². The van der Waals surface area contributed by atoms with Crippen LogP contribution in [-0.4, -0.2) is 25.1 Å². The van der Waals surface area contributed by atoms with Crippen LogP contribution in [0.15, 0.2) is 23.8 Å². The highest BCUT2D eigenvalue weighted by atomic mass is 16.5. The smallest absolute Gasteiger partial charge is 0.320 e. The molecule has 0 bridgehead atoms. The van der Waals surface area contributed by atoms with Gasteiger partial charge < -0.3 is 9.53 Å². The van der Waals surface area contributed by atoms with Crippen molar-refractivity contribution < 1.29 is 19.1 Å². The molecule has 1 aliphatic carbocycles. The molecule has 0 amide bonds. The van der Waals surface area contributed by atoms with E-state index in [1.165, 1.54) is 7.11 Å². The van der Waals surface area contributed by atoms with E-state index >= 15 is 0 Å². The predicted octanol–water partition coefficient (Wildman–Crippen LogP) is 2.24. The van der Waals surface area contributed by atoms with Gasteiger partial charge in [-0.3, -0.25) is 9.59 Å². The summed E-state index contributed by atoms with van der Waals surface area (Å²) in [5.74, 6) is -1.13. The zero-order valence-corrected chi connectivity index (χ0v) is 11.7. The molecule has 0 radical (unpaired) electrons. The molecule has 104 valence electrons. The minimum atomic E-state index is -1.29. The average molecular weight is 264 g/mol. The van der Waals surface area contributed by atoms with Crippen molar-refractivity contribution in [2.45, 2.75) is 33.1 Å². The molecule has 0 N–H and O–H groups in total. The lowest BCUT2D eigenvalue weighted by Gasteiger charge is -2.39. The van der Waals surface area contributed by atoms with Crippen LogP contribution in [0.2, 0.25) is 0 Å². The number of carbonyl (C=O) groups excluding carboxylic acids is 3. The molecular formula is C15H20O4. The molecule has 0 saturated carbocycles. The lowest BCUT2D eigenvalue weighted by atomic mass is 9.61. The van der Waals surface area contributed by atoms with E-state index in [1.807, 2.05) is 6.08 Å². The minimum absolute atomic E-state index is 0.151. The van der Waals surface area contributed by atoms with E-state index in [1.54, 1.807) is 13.8 Å². The number of hydrogen-bond donors (Lipinski definition) is 0. The largest absolute Gasteiger partial charge is 0.468 e. The summed E-state index contributed by atoms with van der Waals surface area (Å²) >= 11 is 0. The van der Waals surface area contributed by atoms with Crippen molar-refractivity contribution in [2.24, 2.45) is 11.3 Å². The van der Waals surface area contributed by atoms with Gasteiger partial charge >= 0.3 is 5.97 Å². The molecule has 2 atom stereocenters. The van der Waals surface area contributed by atoms with Gasteiger partial charge in [-0.25, -0.2) is 0 Å². The normalized spacial score (nSPS) is 26.6. The third-order valence-electron chi connectivity index (χ3n) is 3.82. The number of ether oxygens (including phenoxy) is 1. The maximum atomic E-state index is 12.5. The highest BCUT2D eigenvalue weighted by Gasteiger charge is 2.54. The van der Waals surface area contributed by atoms with Crippen LogP contribution < -0.4 is 0 Å². The Hall–Kier alpha value is -1.71. The summed E-state index contributed by atoms with van der Waals surface area (Å²) in [6, 6.07) is 0. The molecule has 0 aromatic carbocycles. The molecule has 1 aliphatic rings. The molecule has 0 heterocycles. The first kappa shape index (κ1) is 15.3. The van der Waals surface area contributed by atoms with Crippen molar-refractivity contribution in [2.75, 3.05) is 7.11 Å². The second-order valence-electron chi connectivity index (χ2n) is 5.02. The number of Topliss-reactive ketones (excluding diaryl/α,β-unsaturated/α-hetero) is 1. The number of rotatable bonds is 5. The molecule has 0 aromatic rings. The van der Waals surface area contributed by atoms with E-state index < -0.39 is 11.4 Å². The topological polar surface area (TPSA) is 60.4 Å². The van der Waals surface area contributed by atoms with Gasteiger partial charge in [-0.1, -0.05) is 18.2 Å². The second-order valence-corrected chi connectivity index (χ2v) is 5.02. The molecule has 1 rings (SSSR count). The van der Waals surface area contributed by atoms with E-state index in [0.717, 1.165) is 11.9 Å². The van der Waals surface area contributed by atoms with Crippen molar-refractivity contribution in [1.82, 2.24) is 0 Å². The van der Waals surface area contributed by atoms with E-state index in [0.29, 0.717) is 12.0 Å². The average Bonchev–Trinajstić information content (AvgIpc) is 2.39. The van der Waals surface area contributed by atoms with E-state index in [-0.39, 0.29) is 24.5 Å². The van der Waals surface area contributed by atoms with Crippen molar-refractivity contribution >= 4 is 18.0 Å². The van der Waals surface area contributed by atoms with Gasteiger partial charge in [-0.05, 0) is 32.3 Å². The van der Waals surface area contributed by atoms with Crippen molar-refractivity contribution in [3.63, 3.8) is 0 Å². The molecule has 0 aliphatic heterocycles. The SMILES string of the molecule is C=C(C)[C@@H]1CC=C(C)C(=O)[C@]1(CCC=O)C(=O)OC. The Morgan fingerprint density at radius 1 is 1.63 bits per heavy atom.